The Bertz CT molecular complexity index is 1160. The molecule has 0 aliphatic carbocycles. The van der Waals surface area contributed by atoms with Crippen LogP contribution >= 0.6 is 11.8 Å². The van der Waals surface area contributed by atoms with Crippen LogP contribution in [0.1, 0.15) is 32.3 Å². The van der Waals surface area contributed by atoms with Crippen LogP contribution in [0.15, 0.2) is 108 Å². The van der Waals surface area contributed by atoms with Crippen molar-refractivity contribution in [2.45, 2.75) is 16.6 Å². The first-order valence-electron chi connectivity index (χ1n) is 11.4. The third kappa shape index (κ3) is 6.34. The van der Waals surface area contributed by atoms with Crippen molar-refractivity contribution in [3.8, 4) is 0 Å². The summed E-state index contributed by atoms with van der Waals surface area (Å²) in [6.07, 6.45) is 4.20. The number of carbonyl (C=O) groups excluding carboxylic acids is 1. The third-order valence-electron chi connectivity index (χ3n) is 5.52. The molecule has 4 aromatic rings. The Labute approximate surface area is 206 Å². The summed E-state index contributed by atoms with van der Waals surface area (Å²) >= 11 is 1.76. The van der Waals surface area contributed by atoms with Crippen LogP contribution in [0.3, 0.4) is 0 Å². The number of amides is 1. The van der Waals surface area contributed by atoms with E-state index in [9.17, 15) is 4.79 Å². The number of hydrogen-bond donors (Lipinski definition) is 1. The molecular weight excluding hydrogens is 438 g/mol. The van der Waals surface area contributed by atoms with E-state index in [4.69, 9.17) is 0 Å². The second-order valence-electron chi connectivity index (χ2n) is 8.40. The maximum absolute atomic E-state index is 12.9. The van der Waals surface area contributed by atoms with Gasteiger partial charge in [0.1, 0.15) is 0 Å². The van der Waals surface area contributed by atoms with E-state index in [0.717, 1.165) is 23.5 Å². The molecule has 5 heteroatoms. The molecule has 3 aromatic carbocycles. The molecule has 4 rings (SSSR count). The lowest BCUT2D eigenvalue weighted by Gasteiger charge is -2.21. The highest BCUT2D eigenvalue weighted by molar-refractivity contribution is 7.99. The Hall–Kier alpha value is -3.41. The Morgan fingerprint density at radius 1 is 0.912 bits per heavy atom. The minimum Gasteiger partial charge on any atom is -0.321 e. The van der Waals surface area contributed by atoms with E-state index < -0.39 is 0 Å². The fourth-order valence-corrected chi connectivity index (χ4v) is 4.98. The molecule has 0 unspecified atom stereocenters. The summed E-state index contributed by atoms with van der Waals surface area (Å²) < 4.78 is 0. The number of pyridine rings is 1. The number of nitrogens with one attached hydrogen (secondary N) is 1. The van der Waals surface area contributed by atoms with Crippen molar-refractivity contribution in [1.29, 1.82) is 0 Å². The summed E-state index contributed by atoms with van der Waals surface area (Å²) in [6, 6.07) is 30.9. The lowest BCUT2D eigenvalue weighted by atomic mass is 10.0. The molecule has 34 heavy (non-hydrogen) atoms. The smallest absolute Gasteiger partial charge is 0.257 e. The highest BCUT2D eigenvalue weighted by Crippen LogP contribution is 2.43. The van der Waals surface area contributed by atoms with Gasteiger partial charge in [0.2, 0.25) is 0 Å². The average Bonchev–Trinajstić information content (AvgIpc) is 2.88. The Morgan fingerprint density at radius 2 is 1.59 bits per heavy atom. The van der Waals surface area contributed by atoms with Crippen molar-refractivity contribution in [2.24, 2.45) is 0 Å². The van der Waals surface area contributed by atoms with Gasteiger partial charge in [-0.15, -0.1) is 11.8 Å². The molecule has 0 bridgehead atoms. The monoisotopic (exact) mass is 467 g/mol. The summed E-state index contributed by atoms with van der Waals surface area (Å²) in [6.45, 7) is 0.965. The molecule has 1 aromatic heterocycles. The summed E-state index contributed by atoms with van der Waals surface area (Å²) in [4.78, 5) is 20.2. The van der Waals surface area contributed by atoms with E-state index in [1.807, 2.05) is 18.2 Å². The van der Waals surface area contributed by atoms with Crippen molar-refractivity contribution >= 4 is 23.4 Å². The zero-order chi connectivity index (χ0) is 23.8. The van der Waals surface area contributed by atoms with E-state index in [-0.39, 0.29) is 11.2 Å². The SMILES string of the molecule is CN(C)CCc1ccc(NC(=O)c2cccnc2)c(SC(c2ccccc2)c2ccccc2)c1. The van der Waals surface area contributed by atoms with Gasteiger partial charge in [-0.3, -0.25) is 9.78 Å². The third-order valence-corrected chi connectivity index (χ3v) is 6.89. The number of likely N-dealkylation sites (N-methyl/N-ethyl adjacent to an activating group) is 1. The number of anilines is 1. The fourth-order valence-electron chi connectivity index (χ4n) is 3.68. The summed E-state index contributed by atoms with van der Waals surface area (Å²) in [7, 11) is 4.16. The van der Waals surface area contributed by atoms with Crippen molar-refractivity contribution in [2.75, 3.05) is 26.0 Å². The van der Waals surface area contributed by atoms with Crippen LogP contribution in [0, 0.1) is 0 Å². The highest BCUT2D eigenvalue weighted by Gasteiger charge is 2.19. The predicted molar refractivity (Wildman–Crippen MR) is 141 cm³/mol. The molecule has 0 fully saturated rings. The topological polar surface area (TPSA) is 45.2 Å². The summed E-state index contributed by atoms with van der Waals surface area (Å²) in [5, 5.41) is 3.21. The first-order valence-corrected chi connectivity index (χ1v) is 12.2. The summed E-state index contributed by atoms with van der Waals surface area (Å²) in [5.41, 5.74) is 5.04. The van der Waals surface area contributed by atoms with Gasteiger partial charge in [-0.2, -0.15) is 0 Å². The largest absolute Gasteiger partial charge is 0.321 e. The fraction of sp³-hybridized carbons (Fsp3) is 0.172. The van der Waals surface area contributed by atoms with Gasteiger partial charge in [0, 0.05) is 23.8 Å². The number of carbonyl (C=O) groups is 1. The Balaban J connectivity index is 1.70. The van der Waals surface area contributed by atoms with E-state index in [0.29, 0.717) is 5.56 Å². The molecule has 0 atom stereocenters. The normalized spacial score (nSPS) is 11.1. The van der Waals surface area contributed by atoms with Gasteiger partial charge in [-0.05, 0) is 61.5 Å². The van der Waals surface area contributed by atoms with Crippen molar-refractivity contribution < 1.29 is 4.79 Å². The minimum absolute atomic E-state index is 0.0977. The van der Waals surface area contributed by atoms with Crippen molar-refractivity contribution in [1.82, 2.24) is 9.88 Å². The lowest BCUT2D eigenvalue weighted by Crippen LogP contribution is -2.15. The molecule has 0 saturated heterocycles. The van der Waals surface area contributed by atoms with Gasteiger partial charge in [0.15, 0.2) is 0 Å². The molecule has 172 valence electrons. The van der Waals surface area contributed by atoms with Gasteiger partial charge in [-0.1, -0.05) is 66.7 Å². The van der Waals surface area contributed by atoms with E-state index >= 15 is 0 Å². The molecule has 0 spiro atoms. The first-order chi connectivity index (χ1) is 16.6. The van der Waals surface area contributed by atoms with Gasteiger partial charge in [0.05, 0.1) is 16.5 Å². The molecule has 4 nitrogen and oxygen atoms in total. The van der Waals surface area contributed by atoms with Crippen LogP contribution in [-0.4, -0.2) is 36.4 Å². The zero-order valence-corrected chi connectivity index (χ0v) is 20.3. The zero-order valence-electron chi connectivity index (χ0n) is 19.5. The standard InChI is InChI=1S/C29H29N3OS/c1-32(2)19-17-22-15-16-26(31-29(33)25-14-9-18-30-21-25)27(20-22)34-28(23-10-5-3-6-11-23)24-12-7-4-8-13-24/h3-16,18,20-21,28H,17,19H2,1-2H3,(H,31,33). The van der Waals surface area contributed by atoms with Crippen LogP contribution in [0.4, 0.5) is 5.69 Å². The van der Waals surface area contributed by atoms with E-state index in [1.54, 1.807) is 36.3 Å². The minimum atomic E-state index is -0.160. The van der Waals surface area contributed by atoms with Crippen LogP contribution in [0.25, 0.3) is 0 Å². The summed E-state index contributed by atoms with van der Waals surface area (Å²) in [5.74, 6) is -0.160. The van der Waals surface area contributed by atoms with E-state index in [2.05, 4.69) is 90.0 Å². The van der Waals surface area contributed by atoms with Crippen LogP contribution in [0.2, 0.25) is 0 Å². The molecule has 1 heterocycles. The maximum atomic E-state index is 12.9. The van der Waals surface area contributed by atoms with E-state index in [1.165, 1.54) is 16.7 Å². The molecule has 0 saturated carbocycles. The molecule has 1 N–H and O–H groups in total. The van der Waals surface area contributed by atoms with Crippen LogP contribution in [-0.2, 0) is 6.42 Å². The Morgan fingerprint density at radius 3 is 2.18 bits per heavy atom. The first kappa shape index (κ1) is 23.7. The van der Waals surface area contributed by atoms with Crippen LogP contribution in [0.5, 0.6) is 0 Å². The molecular formula is C29H29N3OS. The average molecular weight is 468 g/mol. The number of rotatable bonds is 9. The highest BCUT2D eigenvalue weighted by atomic mass is 32.2. The number of nitrogens with zero attached hydrogens (tertiary/aromatic N) is 2. The second-order valence-corrected chi connectivity index (χ2v) is 9.55. The number of hydrogen-bond acceptors (Lipinski definition) is 4. The predicted octanol–water partition coefficient (Wildman–Crippen LogP) is 6.32. The number of thioether (sulfide) groups is 1. The molecule has 0 aliphatic rings. The van der Waals surface area contributed by atoms with Gasteiger partial charge in [-0.25, -0.2) is 0 Å². The van der Waals surface area contributed by atoms with Gasteiger partial charge >= 0.3 is 0 Å². The molecule has 0 aliphatic heterocycles. The number of benzene rings is 3. The van der Waals surface area contributed by atoms with Crippen LogP contribution < -0.4 is 5.32 Å². The number of aromatic nitrogens is 1. The molecule has 0 radical (unpaired) electrons. The second kappa shape index (κ2) is 11.6. The van der Waals surface area contributed by atoms with Crippen molar-refractivity contribution in [3.63, 3.8) is 0 Å². The lowest BCUT2D eigenvalue weighted by molar-refractivity contribution is 0.102. The van der Waals surface area contributed by atoms with Crippen molar-refractivity contribution in [3.05, 3.63) is 126 Å². The van der Waals surface area contributed by atoms with Gasteiger partial charge in [0.25, 0.3) is 5.91 Å². The molecule has 1 amide bonds. The van der Waals surface area contributed by atoms with Gasteiger partial charge < -0.3 is 10.2 Å². The Kier molecular flexibility index (Phi) is 8.12. The maximum Gasteiger partial charge on any atom is 0.257 e. The quantitative estimate of drug-likeness (QED) is 0.293.